The first-order valence-corrected chi connectivity index (χ1v) is 6.46. The Balaban J connectivity index is 2.79. The van der Waals surface area contributed by atoms with Gasteiger partial charge in [0.1, 0.15) is 0 Å². The lowest BCUT2D eigenvalue weighted by atomic mass is 9.56. The van der Waals surface area contributed by atoms with E-state index < -0.39 is 0 Å². The molecule has 0 spiro atoms. The highest BCUT2D eigenvalue weighted by atomic mass is 14.5. The van der Waals surface area contributed by atoms with Crippen LogP contribution in [0.3, 0.4) is 0 Å². The minimum absolute atomic E-state index is 0.595. The van der Waals surface area contributed by atoms with E-state index in [0.29, 0.717) is 10.8 Å². The van der Waals surface area contributed by atoms with Crippen LogP contribution in [0.5, 0.6) is 0 Å². The molecule has 14 heavy (non-hydrogen) atoms. The Labute approximate surface area is 90.5 Å². The molecular formula is C14H28. The molecule has 1 rings (SSSR count). The van der Waals surface area contributed by atoms with Crippen molar-refractivity contribution in [2.24, 2.45) is 16.7 Å². The summed E-state index contributed by atoms with van der Waals surface area (Å²) in [5.41, 5.74) is 1.26. The maximum atomic E-state index is 2.48. The van der Waals surface area contributed by atoms with E-state index in [1.54, 1.807) is 0 Å². The maximum absolute atomic E-state index is 2.48. The van der Waals surface area contributed by atoms with Gasteiger partial charge in [0.05, 0.1) is 0 Å². The van der Waals surface area contributed by atoms with Crippen molar-refractivity contribution in [3.05, 3.63) is 0 Å². The molecule has 1 saturated carbocycles. The summed E-state index contributed by atoms with van der Waals surface area (Å²) in [5, 5.41) is 0. The molecule has 0 amide bonds. The lowest BCUT2D eigenvalue weighted by molar-refractivity contribution is 0.0155. The molecular weight excluding hydrogens is 168 g/mol. The Morgan fingerprint density at radius 1 is 1.21 bits per heavy atom. The zero-order chi connectivity index (χ0) is 10.8. The second-order valence-corrected chi connectivity index (χ2v) is 6.25. The van der Waals surface area contributed by atoms with Crippen LogP contribution in [0.1, 0.15) is 73.1 Å². The van der Waals surface area contributed by atoms with Crippen LogP contribution in [0.25, 0.3) is 0 Å². The minimum Gasteiger partial charge on any atom is -0.0654 e. The monoisotopic (exact) mass is 196 g/mol. The predicted molar refractivity (Wildman–Crippen MR) is 64.4 cm³/mol. The normalized spacial score (nSPS) is 37.1. The quantitative estimate of drug-likeness (QED) is 0.594. The first kappa shape index (κ1) is 12.1. The highest BCUT2D eigenvalue weighted by Gasteiger charge is 2.42. The number of hydrogen-bond donors (Lipinski definition) is 0. The zero-order valence-corrected chi connectivity index (χ0v) is 10.8. The summed E-state index contributed by atoms with van der Waals surface area (Å²) in [6.45, 7) is 12.1. The third-order valence-corrected chi connectivity index (χ3v) is 4.58. The summed E-state index contributed by atoms with van der Waals surface area (Å²) in [6.07, 6.45) is 8.50. The van der Waals surface area contributed by atoms with Gasteiger partial charge in [0.25, 0.3) is 0 Å². The number of rotatable bonds is 3. The second-order valence-electron chi connectivity index (χ2n) is 6.25. The highest BCUT2D eigenvalue weighted by Crippen LogP contribution is 2.53. The van der Waals surface area contributed by atoms with Crippen LogP contribution < -0.4 is 0 Å². The van der Waals surface area contributed by atoms with E-state index in [-0.39, 0.29) is 0 Å². The van der Waals surface area contributed by atoms with Gasteiger partial charge >= 0.3 is 0 Å². The van der Waals surface area contributed by atoms with Crippen molar-refractivity contribution in [1.29, 1.82) is 0 Å². The van der Waals surface area contributed by atoms with E-state index in [2.05, 4.69) is 34.6 Å². The van der Waals surface area contributed by atoms with Crippen molar-refractivity contribution >= 4 is 0 Å². The third-order valence-electron chi connectivity index (χ3n) is 4.58. The van der Waals surface area contributed by atoms with Crippen molar-refractivity contribution < 1.29 is 0 Å². The molecule has 0 bridgehead atoms. The lowest BCUT2D eigenvalue weighted by Gasteiger charge is -2.49. The molecule has 0 aliphatic heterocycles. The second kappa shape index (κ2) is 4.24. The van der Waals surface area contributed by atoms with Gasteiger partial charge in [-0.1, -0.05) is 47.5 Å². The lowest BCUT2D eigenvalue weighted by Crippen LogP contribution is -2.38. The van der Waals surface area contributed by atoms with Crippen molar-refractivity contribution in [3.8, 4) is 0 Å². The van der Waals surface area contributed by atoms with Crippen LogP contribution in [-0.4, -0.2) is 0 Å². The molecule has 0 heterocycles. The van der Waals surface area contributed by atoms with Crippen LogP contribution in [0.15, 0.2) is 0 Å². The zero-order valence-electron chi connectivity index (χ0n) is 10.8. The molecule has 0 heteroatoms. The van der Waals surface area contributed by atoms with Crippen LogP contribution in [-0.2, 0) is 0 Å². The van der Waals surface area contributed by atoms with Gasteiger partial charge in [0.2, 0.25) is 0 Å². The highest BCUT2D eigenvalue weighted by molar-refractivity contribution is 4.93. The molecule has 1 aliphatic rings. The van der Waals surface area contributed by atoms with Gasteiger partial charge in [-0.25, -0.2) is 0 Å². The van der Waals surface area contributed by atoms with E-state index in [4.69, 9.17) is 0 Å². The standard InChI is InChI=1S/C14H28/c1-6-9-14(7-2)11-13(4,5)10-8-12(14)3/h12H,6-11H2,1-5H3. The van der Waals surface area contributed by atoms with Crippen LogP contribution in [0.4, 0.5) is 0 Å². The van der Waals surface area contributed by atoms with Crippen molar-refractivity contribution in [2.45, 2.75) is 73.1 Å². The van der Waals surface area contributed by atoms with Gasteiger partial charge in [-0.15, -0.1) is 0 Å². The summed E-state index contributed by atoms with van der Waals surface area (Å²) in [6, 6.07) is 0. The van der Waals surface area contributed by atoms with Crippen LogP contribution in [0, 0.1) is 16.7 Å². The summed E-state index contributed by atoms with van der Waals surface area (Å²) < 4.78 is 0. The van der Waals surface area contributed by atoms with Gasteiger partial charge in [0, 0.05) is 0 Å². The van der Waals surface area contributed by atoms with E-state index in [1.807, 2.05) is 0 Å². The minimum atomic E-state index is 0.595. The molecule has 1 fully saturated rings. The van der Waals surface area contributed by atoms with Gasteiger partial charge < -0.3 is 0 Å². The molecule has 0 aromatic heterocycles. The molecule has 1 aliphatic carbocycles. The first-order chi connectivity index (χ1) is 6.46. The van der Waals surface area contributed by atoms with Crippen LogP contribution in [0.2, 0.25) is 0 Å². The Morgan fingerprint density at radius 3 is 2.36 bits per heavy atom. The molecule has 0 nitrogen and oxygen atoms in total. The fourth-order valence-electron chi connectivity index (χ4n) is 3.61. The topological polar surface area (TPSA) is 0 Å². The Morgan fingerprint density at radius 2 is 1.86 bits per heavy atom. The number of hydrogen-bond acceptors (Lipinski definition) is 0. The van der Waals surface area contributed by atoms with E-state index in [1.165, 1.54) is 38.5 Å². The SMILES string of the molecule is CCCC1(CC)CC(C)(C)CCC1C. The fraction of sp³-hybridized carbons (Fsp3) is 1.00. The Bertz CT molecular complexity index is 180. The summed E-state index contributed by atoms with van der Waals surface area (Å²) >= 11 is 0. The van der Waals surface area contributed by atoms with Gasteiger partial charge in [-0.3, -0.25) is 0 Å². The van der Waals surface area contributed by atoms with Gasteiger partial charge in [-0.2, -0.15) is 0 Å². The predicted octanol–water partition coefficient (Wildman–Crippen LogP) is 5.03. The summed E-state index contributed by atoms with van der Waals surface area (Å²) in [4.78, 5) is 0. The van der Waals surface area contributed by atoms with Crippen molar-refractivity contribution in [1.82, 2.24) is 0 Å². The fourth-order valence-corrected chi connectivity index (χ4v) is 3.61. The van der Waals surface area contributed by atoms with Crippen molar-refractivity contribution in [3.63, 3.8) is 0 Å². The average molecular weight is 196 g/mol. The molecule has 0 saturated heterocycles. The largest absolute Gasteiger partial charge is 0.0654 e. The summed E-state index contributed by atoms with van der Waals surface area (Å²) in [7, 11) is 0. The molecule has 0 radical (unpaired) electrons. The molecule has 84 valence electrons. The Kier molecular flexibility index (Phi) is 3.66. The summed E-state index contributed by atoms with van der Waals surface area (Å²) in [5.74, 6) is 0.945. The smallest absolute Gasteiger partial charge is 0.0269 e. The molecule has 2 unspecified atom stereocenters. The average Bonchev–Trinajstić information content (AvgIpc) is 2.11. The molecule has 2 atom stereocenters. The van der Waals surface area contributed by atoms with Gasteiger partial charge in [0.15, 0.2) is 0 Å². The van der Waals surface area contributed by atoms with E-state index >= 15 is 0 Å². The third kappa shape index (κ3) is 2.32. The first-order valence-electron chi connectivity index (χ1n) is 6.46. The van der Waals surface area contributed by atoms with Gasteiger partial charge in [-0.05, 0) is 42.4 Å². The van der Waals surface area contributed by atoms with E-state index in [9.17, 15) is 0 Å². The maximum Gasteiger partial charge on any atom is -0.0269 e. The van der Waals surface area contributed by atoms with Crippen molar-refractivity contribution in [2.75, 3.05) is 0 Å². The Hall–Kier alpha value is 0. The van der Waals surface area contributed by atoms with E-state index in [0.717, 1.165) is 5.92 Å². The molecule has 0 aromatic rings. The van der Waals surface area contributed by atoms with Crippen LogP contribution >= 0.6 is 0 Å². The molecule has 0 N–H and O–H groups in total. The molecule has 0 aromatic carbocycles.